The summed E-state index contributed by atoms with van der Waals surface area (Å²) in [5.74, 6) is 1.01. The molecule has 0 atom stereocenters. The van der Waals surface area contributed by atoms with E-state index < -0.39 is 0 Å². The molecule has 0 N–H and O–H groups in total. The summed E-state index contributed by atoms with van der Waals surface area (Å²) in [5.41, 5.74) is 0.194. The Morgan fingerprint density at radius 2 is 2.22 bits per heavy atom. The number of rotatable bonds is 2. The summed E-state index contributed by atoms with van der Waals surface area (Å²) in [6.45, 7) is 0. The maximum atomic E-state index is 11.9. The highest BCUT2D eigenvalue weighted by atomic mass is 32.1. The van der Waals surface area contributed by atoms with Gasteiger partial charge in [-0.25, -0.2) is 9.78 Å². The van der Waals surface area contributed by atoms with Gasteiger partial charge in [0.15, 0.2) is 0 Å². The van der Waals surface area contributed by atoms with Gasteiger partial charge in [0.25, 0.3) is 0 Å². The minimum Gasteiger partial charge on any atom is -0.497 e. The van der Waals surface area contributed by atoms with Crippen LogP contribution in [0.3, 0.4) is 0 Å². The van der Waals surface area contributed by atoms with E-state index in [9.17, 15) is 4.79 Å². The third-order valence-electron chi connectivity index (χ3n) is 2.57. The highest BCUT2D eigenvalue weighted by Crippen LogP contribution is 2.24. The van der Waals surface area contributed by atoms with Crippen LogP contribution in [0.1, 0.15) is 0 Å². The van der Waals surface area contributed by atoms with Gasteiger partial charge in [-0.15, -0.1) is 11.3 Å². The first-order valence-corrected chi connectivity index (χ1v) is 6.18. The van der Waals surface area contributed by atoms with Crippen molar-refractivity contribution in [1.29, 1.82) is 0 Å². The summed E-state index contributed by atoms with van der Waals surface area (Å²) in [7, 11) is 1.58. The van der Waals surface area contributed by atoms with Crippen LogP contribution in [-0.2, 0) is 0 Å². The van der Waals surface area contributed by atoms with Gasteiger partial charge in [-0.2, -0.15) is 0 Å². The zero-order valence-electron chi connectivity index (χ0n) is 9.54. The smallest absolute Gasteiger partial charge is 0.347 e. The molecule has 3 rings (SSSR count). The molecule has 0 amide bonds. The van der Waals surface area contributed by atoms with Crippen molar-refractivity contribution >= 4 is 22.2 Å². The van der Waals surface area contributed by atoms with Crippen molar-refractivity contribution in [2.45, 2.75) is 0 Å². The molecule has 0 saturated heterocycles. The van der Waals surface area contributed by atoms with Crippen molar-refractivity contribution in [3.8, 4) is 16.5 Å². The Labute approximate surface area is 106 Å². The van der Waals surface area contributed by atoms with Gasteiger partial charge < -0.3 is 9.15 Å². The van der Waals surface area contributed by atoms with Crippen LogP contribution < -0.4 is 10.4 Å². The third kappa shape index (κ3) is 1.78. The van der Waals surface area contributed by atoms with Gasteiger partial charge in [-0.1, -0.05) is 6.07 Å². The van der Waals surface area contributed by atoms with Gasteiger partial charge in [0.2, 0.25) is 5.89 Å². The van der Waals surface area contributed by atoms with E-state index in [1.807, 2.05) is 17.5 Å². The summed E-state index contributed by atoms with van der Waals surface area (Å²) in [6.07, 6.45) is 0. The molecule has 0 spiro atoms. The lowest BCUT2D eigenvalue weighted by Gasteiger charge is -2.02. The number of fused-ring (bicyclic) bond motifs is 1. The van der Waals surface area contributed by atoms with Crippen LogP contribution in [0.4, 0.5) is 0 Å². The first-order valence-electron chi connectivity index (χ1n) is 5.31. The lowest BCUT2D eigenvalue weighted by atomic mass is 10.2. The first kappa shape index (κ1) is 11.0. The molecule has 0 aliphatic carbocycles. The van der Waals surface area contributed by atoms with E-state index in [1.165, 1.54) is 11.3 Å². The quantitative estimate of drug-likeness (QED) is 0.710. The normalized spacial score (nSPS) is 10.7. The average molecular weight is 259 g/mol. The van der Waals surface area contributed by atoms with Crippen LogP contribution in [0.25, 0.3) is 21.7 Å². The predicted octanol–water partition coefficient (Wildman–Crippen LogP) is 2.93. The number of methoxy groups -OCH3 is 1. The van der Waals surface area contributed by atoms with Crippen LogP contribution in [0.5, 0.6) is 5.75 Å². The molecule has 0 fully saturated rings. The standard InChI is InChI=1S/C13H9NO3S/c1-16-8-4-5-9-10(7-8)14-12(17-13(9)15)11-3-2-6-18-11/h2-7H,1H3. The van der Waals surface area contributed by atoms with E-state index in [4.69, 9.17) is 9.15 Å². The van der Waals surface area contributed by atoms with Gasteiger partial charge in [-0.3, -0.25) is 0 Å². The minimum atomic E-state index is -0.383. The van der Waals surface area contributed by atoms with Crippen LogP contribution in [0.15, 0.2) is 44.9 Å². The molecule has 0 aliphatic heterocycles. The molecule has 1 aromatic carbocycles. The minimum absolute atomic E-state index is 0.343. The molecular weight excluding hydrogens is 250 g/mol. The number of hydrogen-bond acceptors (Lipinski definition) is 5. The topological polar surface area (TPSA) is 52.3 Å². The van der Waals surface area contributed by atoms with Crippen molar-refractivity contribution in [3.05, 3.63) is 46.1 Å². The predicted molar refractivity (Wildman–Crippen MR) is 70.1 cm³/mol. The highest BCUT2D eigenvalue weighted by Gasteiger charge is 2.09. The second-order valence-corrected chi connectivity index (χ2v) is 4.61. The fourth-order valence-corrected chi connectivity index (χ4v) is 2.33. The Balaban J connectivity index is 2.28. The van der Waals surface area contributed by atoms with Crippen molar-refractivity contribution in [1.82, 2.24) is 4.98 Å². The number of benzene rings is 1. The Hall–Kier alpha value is -2.14. The van der Waals surface area contributed by atoms with Crippen molar-refractivity contribution in [2.75, 3.05) is 7.11 Å². The van der Waals surface area contributed by atoms with E-state index in [0.29, 0.717) is 22.5 Å². The molecule has 5 heteroatoms. The van der Waals surface area contributed by atoms with Gasteiger partial charge in [0.05, 0.1) is 22.9 Å². The van der Waals surface area contributed by atoms with Gasteiger partial charge >= 0.3 is 5.63 Å². The van der Waals surface area contributed by atoms with Gasteiger partial charge in [-0.05, 0) is 23.6 Å². The number of nitrogens with zero attached hydrogens (tertiary/aromatic N) is 1. The van der Waals surface area contributed by atoms with E-state index in [1.54, 1.807) is 25.3 Å². The van der Waals surface area contributed by atoms with E-state index in [0.717, 1.165) is 4.88 Å². The molecule has 0 saturated carbocycles. The van der Waals surface area contributed by atoms with E-state index >= 15 is 0 Å². The fraction of sp³-hybridized carbons (Fsp3) is 0.0769. The van der Waals surface area contributed by atoms with Crippen molar-refractivity contribution in [3.63, 3.8) is 0 Å². The maximum Gasteiger partial charge on any atom is 0.347 e. The summed E-state index contributed by atoms with van der Waals surface area (Å²) >= 11 is 1.48. The lowest BCUT2D eigenvalue weighted by molar-refractivity contribution is 0.415. The molecular formula is C13H9NO3S. The molecule has 4 nitrogen and oxygen atoms in total. The summed E-state index contributed by atoms with van der Waals surface area (Å²) < 4.78 is 10.3. The van der Waals surface area contributed by atoms with Crippen LogP contribution in [0, 0.1) is 0 Å². The van der Waals surface area contributed by atoms with Crippen LogP contribution >= 0.6 is 11.3 Å². The summed E-state index contributed by atoms with van der Waals surface area (Å²) in [5, 5.41) is 2.36. The summed E-state index contributed by atoms with van der Waals surface area (Å²) in [6, 6.07) is 8.85. The number of ether oxygens (including phenoxy) is 1. The van der Waals surface area contributed by atoms with Crippen molar-refractivity contribution < 1.29 is 9.15 Å². The Morgan fingerprint density at radius 3 is 2.94 bits per heavy atom. The third-order valence-corrected chi connectivity index (χ3v) is 3.43. The molecule has 2 heterocycles. The summed E-state index contributed by atoms with van der Waals surface area (Å²) in [4.78, 5) is 17.0. The Kier molecular flexibility index (Phi) is 2.60. The molecule has 3 aromatic rings. The SMILES string of the molecule is COc1ccc2c(=O)oc(-c3cccs3)nc2c1. The zero-order chi connectivity index (χ0) is 12.5. The molecule has 0 bridgehead atoms. The number of aromatic nitrogens is 1. The Morgan fingerprint density at radius 1 is 1.33 bits per heavy atom. The van der Waals surface area contributed by atoms with Crippen molar-refractivity contribution in [2.24, 2.45) is 0 Å². The first-order chi connectivity index (χ1) is 8.78. The molecule has 18 heavy (non-hydrogen) atoms. The molecule has 0 unspecified atom stereocenters. The average Bonchev–Trinajstić information content (AvgIpc) is 2.91. The molecule has 0 aliphatic rings. The van der Waals surface area contributed by atoms with E-state index in [2.05, 4.69) is 4.98 Å². The van der Waals surface area contributed by atoms with E-state index in [-0.39, 0.29) is 5.63 Å². The second kappa shape index (κ2) is 4.27. The largest absolute Gasteiger partial charge is 0.497 e. The zero-order valence-corrected chi connectivity index (χ0v) is 10.4. The van der Waals surface area contributed by atoms with Gasteiger partial charge in [0, 0.05) is 6.07 Å². The van der Waals surface area contributed by atoms with Crippen LogP contribution in [-0.4, -0.2) is 12.1 Å². The fourth-order valence-electron chi connectivity index (χ4n) is 1.68. The lowest BCUT2D eigenvalue weighted by Crippen LogP contribution is -2.02. The van der Waals surface area contributed by atoms with Crippen LogP contribution in [0.2, 0.25) is 0 Å². The number of thiophene rings is 1. The molecule has 90 valence electrons. The Bertz CT molecular complexity index is 747. The molecule has 2 aromatic heterocycles. The van der Waals surface area contributed by atoms with Gasteiger partial charge in [0.1, 0.15) is 5.75 Å². The maximum absolute atomic E-state index is 11.9. The highest BCUT2D eigenvalue weighted by molar-refractivity contribution is 7.13. The molecule has 0 radical (unpaired) electrons. The number of hydrogen-bond donors (Lipinski definition) is 0. The second-order valence-electron chi connectivity index (χ2n) is 3.67. The monoisotopic (exact) mass is 259 g/mol.